The number of rotatable bonds is 7. The molecule has 0 atom stereocenters. The molecule has 0 radical (unpaired) electrons. The number of esters is 1. The molecule has 1 amide bonds. The molecule has 144 valence electrons. The summed E-state index contributed by atoms with van der Waals surface area (Å²) in [7, 11) is 2.71. The molecular formula is C21H20N2O5. The van der Waals surface area contributed by atoms with Crippen molar-refractivity contribution in [3.05, 3.63) is 59.2 Å². The summed E-state index contributed by atoms with van der Waals surface area (Å²) in [5.74, 6) is -0.342. The third kappa shape index (κ3) is 5.61. The first-order valence-electron chi connectivity index (χ1n) is 8.34. The van der Waals surface area contributed by atoms with Gasteiger partial charge in [-0.05, 0) is 48.4 Å². The predicted octanol–water partition coefficient (Wildman–Crippen LogP) is 3.10. The number of carbonyl (C=O) groups is 2. The summed E-state index contributed by atoms with van der Waals surface area (Å²) in [6.45, 7) is 1.65. The topological polar surface area (TPSA) is 97.7 Å². The van der Waals surface area contributed by atoms with Crippen LogP contribution in [0.25, 0.3) is 6.08 Å². The second kappa shape index (κ2) is 9.78. The molecule has 0 aromatic heterocycles. The summed E-state index contributed by atoms with van der Waals surface area (Å²) in [6, 6.07) is 14.0. The number of nitrogens with one attached hydrogen (secondary N) is 1. The average Bonchev–Trinajstić information content (AvgIpc) is 2.70. The molecule has 0 fully saturated rings. The fourth-order valence-corrected chi connectivity index (χ4v) is 2.33. The molecule has 0 saturated carbocycles. The lowest BCUT2D eigenvalue weighted by Crippen LogP contribution is -2.13. The maximum Gasteiger partial charge on any atom is 0.343 e. The number of hydrogen-bond acceptors (Lipinski definition) is 6. The van der Waals surface area contributed by atoms with Crippen LogP contribution in [0.4, 0.5) is 5.69 Å². The Morgan fingerprint density at radius 2 is 1.93 bits per heavy atom. The second-order valence-corrected chi connectivity index (χ2v) is 5.77. The van der Waals surface area contributed by atoms with Crippen LogP contribution in [0.15, 0.2) is 48.0 Å². The van der Waals surface area contributed by atoms with Crippen LogP contribution in [0, 0.1) is 18.3 Å². The maximum absolute atomic E-state index is 12.4. The largest absolute Gasteiger partial charge is 0.493 e. The van der Waals surface area contributed by atoms with E-state index in [0.29, 0.717) is 22.7 Å². The van der Waals surface area contributed by atoms with Crippen molar-refractivity contribution in [2.45, 2.75) is 6.92 Å². The van der Waals surface area contributed by atoms with Gasteiger partial charge in [-0.25, -0.2) is 4.79 Å². The van der Waals surface area contributed by atoms with Gasteiger partial charge in [-0.15, -0.1) is 0 Å². The van der Waals surface area contributed by atoms with Gasteiger partial charge < -0.3 is 19.5 Å². The monoisotopic (exact) mass is 380 g/mol. The molecular weight excluding hydrogens is 360 g/mol. The first kappa shape index (κ1) is 20.5. The lowest BCUT2D eigenvalue weighted by molar-refractivity contribution is -0.142. The maximum atomic E-state index is 12.4. The van der Waals surface area contributed by atoms with Crippen molar-refractivity contribution in [1.82, 2.24) is 0 Å². The molecule has 0 aliphatic carbocycles. The number of nitriles is 1. The van der Waals surface area contributed by atoms with Gasteiger partial charge in [-0.1, -0.05) is 18.2 Å². The number of benzene rings is 2. The first-order chi connectivity index (χ1) is 13.5. The van der Waals surface area contributed by atoms with Crippen LogP contribution in [0.1, 0.15) is 11.1 Å². The molecule has 0 unspecified atom stereocenters. The van der Waals surface area contributed by atoms with E-state index in [1.165, 1.54) is 20.3 Å². The Hall–Kier alpha value is -3.79. The average molecular weight is 380 g/mol. The number of methoxy groups -OCH3 is 2. The van der Waals surface area contributed by atoms with Crippen LogP contribution in [0.3, 0.4) is 0 Å². The SMILES string of the molecule is COC(=O)COc1ccc(/C=C(/C#N)C(=O)Nc2cccc(C)c2)cc1OC. The van der Waals surface area contributed by atoms with Crippen molar-refractivity contribution in [3.63, 3.8) is 0 Å². The smallest absolute Gasteiger partial charge is 0.343 e. The Labute approximate surface area is 163 Å². The van der Waals surface area contributed by atoms with E-state index in [-0.39, 0.29) is 12.2 Å². The molecule has 2 rings (SSSR count). The van der Waals surface area contributed by atoms with Crippen LogP contribution in [-0.4, -0.2) is 32.7 Å². The van der Waals surface area contributed by atoms with Crippen LogP contribution in [0.2, 0.25) is 0 Å². The van der Waals surface area contributed by atoms with Gasteiger partial charge in [0, 0.05) is 5.69 Å². The summed E-state index contributed by atoms with van der Waals surface area (Å²) in [5.41, 5.74) is 2.10. The Bertz CT molecular complexity index is 944. The summed E-state index contributed by atoms with van der Waals surface area (Å²) in [4.78, 5) is 23.6. The molecule has 7 heteroatoms. The molecule has 7 nitrogen and oxygen atoms in total. The fraction of sp³-hybridized carbons (Fsp3) is 0.190. The fourth-order valence-electron chi connectivity index (χ4n) is 2.33. The minimum Gasteiger partial charge on any atom is -0.493 e. The van der Waals surface area contributed by atoms with Gasteiger partial charge in [0.1, 0.15) is 11.6 Å². The summed E-state index contributed by atoms with van der Waals surface area (Å²) in [6.07, 6.45) is 1.44. The van der Waals surface area contributed by atoms with Gasteiger partial charge in [0.05, 0.1) is 14.2 Å². The molecule has 1 N–H and O–H groups in total. The molecule has 28 heavy (non-hydrogen) atoms. The van der Waals surface area contributed by atoms with E-state index in [2.05, 4.69) is 10.1 Å². The Morgan fingerprint density at radius 3 is 2.57 bits per heavy atom. The van der Waals surface area contributed by atoms with Crippen molar-refractivity contribution < 1.29 is 23.8 Å². The lowest BCUT2D eigenvalue weighted by Gasteiger charge is -2.10. The second-order valence-electron chi connectivity index (χ2n) is 5.77. The number of ether oxygens (including phenoxy) is 3. The van der Waals surface area contributed by atoms with Gasteiger partial charge in [0.25, 0.3) is 5.91 Å². The first-order valence-corrected chi connectivity index (χ1v) is 8.34. The molecule has 0 bridgehead atoms. The zero-order valence-electron chi connectivity index (χ0n) is 15.8. The normalized spacial score (nSPS) is 10.6. The quantitative estimate of drug-likeness (QED) is 0.450. The number of carbonyl (C=O) groups excluding carboxylic acids is 2. The highest BCUT2D eigenvalue weighted by Crippen LogP contribution is 2.29. The molecule has 2 aromatic carbocycles. The zero-order chi connectivity index (χ0) is 20.5. The number of hydrogen-bond donors (Lipinski definition) is 1. The van der Waals surface area contributed by atoms with Crippen molar-refractivity contribution in [2.24, 2.45) is 0 Å². The van der Waals surface area contributed by atoms with E-state index >= 15 is 0 Å². The van der Waals surface area contributed by atoms with Gasteiger partial charge >= 0.3 is 5.97 Å². The molecule has 0 aliphatic heterocycles. The van der Waals surface area contributed by atoms with Crippen LogP contribution in [-0.2, 0) is 14.3 Å². The number of amides is 1. The third-order valence-corrected chi connectivity index (χ3v) is 3.71. The molecule has 0 saturated heterocycles. The minimum atomic E-state index is -0.523. The van der Waals surface area contributed by atoms with Crippen LogP contribution >= 0.6 is 0 Å². The molecule has 0 spiro atoms. The molecule has 0 heterocycles. The van der Waals surface area contributed by atoms with Gasteiger partial charge in [0.15, 0.2) is 18.1 Å². The van der Waals surface area contributed by atoms with Crippen LogP contribution < -0.4 is 14.8 Å². The summed E-state index contributed by atoms with van der Waals surface area (Å²) in [5, 5.41) is 12.1. The highest BCUT2D eigenvalue weighted by Gasteiger charge is 2.12. The standard InChI is InChI=1S/C21H20N2O5/c1-14-5-4-6-17(9-14)23-21(25)16(12-22)10-15-7-8-18(19(11-15)26-2)28-13-20(24)27-3/h4-11H,13H2,1-3H3,(H,23,25)/b16-10-. The number of aryl methyl sites for hydroxylation is 1. The van der Waals surface area contributed by atoms with E-state index in [1.54, 1.807) is 24.3 Å². The van der Waals surface area contributed by atoms with E-state index in [9.17, 15) is 14.9 Å². The summed E-state index contributed by atoms with van der Waals surface area (Å²) < 4.78 is 15.1. The highest BCUT2D eigenvalue weighted by atomic mass is 16.6. The van der Waals surface area contributed by atoms with Gasteiger partial charge in [-0.3, -0.25) is 4.79 Å². The van der Waals surface area contributed by atoms with Crippen molar-refractivity contribution in [2.75, 3.05) is 26.1 Å². The van der Waals surface area contributed by atoms with E-state index in [1.807, 2.05) is 31.2 Å². The zero-order valence-corrected chi connectivity index (χ0v) is 15.8. The van der Waals surface area contributed by atoms with E-state index < -0.39 is 11.9 Å². The predicted molar refractivity (Wildman–Crippen MR) is 104 cm³/mol. The van der Waals surface area contributed by atoms with Crippen molar-refractivity contribution in [1.29, 1.82) is 5.26 Å². The van der Waals surface area contributed by atoms with Crippen molar-refractivity contribution >= 4 is 23.6 Å². The van der Waals surface area contributed by atoms with Gasteiger partial charge in [-0.2, -0.15) is 5.26 Å². The Balaban J connectivity index is 2.19. The number of nitrogens with zero attached hydrogens (tertiary/aromatic N) is 1. The minimum absolute atomic E-state index is 0.0632. The number of anilines is 1. The Morgan fingerprint density at radius 1 is 1.14 bits per heavy atom. The van der Waals surface area contributed by atoms with Crippen molar-refractivity contribution in [3.8, 4) is 17.6 Å². The molecule has 0 aliphatic rings. The highest BCUT2D eigenvalue weighted by molar-refractivity contribution is 6.09. The lowest BCUT2D eigenvalue weighted by atomic mass is 10.1. The third-order valence-electron chi connectivity index (χ3n) is 3.71. The van der Waals surface area contributed by atoms with E-state index in [0.717, 1.165) is 5.56 Å². The van der Waals surface area contributed by atoms with Gasteiger partial charge in [0.2, 0.25) is 0 Å². The van der Waals surface area contributed by atoms with Crippen LogP contribution in [0.5, 0.6) is 11.5 Å². The molecule has 2 aromatic rings. The summed E-state index contributed by atoms with van der Waals surface area (Å²) >= 11 is 0. The van der Waals surface area contributed by atoms with E-state index in [4.69, 9.17) is 9.47 Å². The Kier molecular flexibility index (Phi) is 7.17.